The van der Waals surface area contributed by atoms with Crippen molar-refractivity contribution in [1.29, 1.82) is 0 Å². The van der Waals surface area contributed by atoms with Crippen molar-refractivity contribution in [2.24, 2.45) is 0 Å². The Morgan fingerprint density at radius 1 is 1.67 bits per heavy atom. The molecule has 1 aliphatic rings. The summed E-state index contributed by atoms with van der Waals surface area (Å²) in [4.78, 5) is 0. The normalized spacial score (nSPS) is 21.8. The van der Waals surface area contributed by atoms with Gasteiger partial charge in [0.05, 0.1) is 12.3 Å². The molecule has 2 heterocycles. The van der Waals surface area contributed by atoms with Crippen LogP contribution in [0.25, 0.3) is 0 Å². The third-order valence-corrected chi connectivity index (χ3v) is 2.08. The second-order valence-electron chi connectivity index (χ2n) is 2.93. The predicted octanol–water partition coefficient (Wildman–Crippen LogP) is 0.390. The van der Waals surface area contributed by atoms with Gasteiger partial charge in [-0.3, -0.25) is 0 Å². The number of hydrogen-bond acceptors (Lipinski definition) is 4. The van der Waals surface area contributed by atoms with Crippen LogP contribution in [0, 0.1) is 0 Å². The van der Waals surface area contributed by atoms with Crippen LogP contribution in [0.1, 0.15) is 12.0 Å². The number of ether oxygens (including phenoxy) is 1. The zero-order chi connectivity index (χ0) is 8.39. The Labute approximate surface area is 70.7 Å². The summed E-state index contributed by atoms with van der Waals surface area (Å²) < 4.78 is 5.29. The number of rotatable bonds is 2. The fourth-order valence-electron chi connectivity index (χ4n) is 1.23. The third kappa shape index (κ3) is 1.38. The molecule has 2 rings (SSSR count). The van der Waals surface area contributed by atoms with E-state index in [1.54, 1.807) is 6.20 Å². The highest BCUT2D eigenvalue weighted by molar-refractivity contribution is 5.37. The van der Waals surface area contributed by atoms with E-state index in [0.29, 0.717) is 11.9 Å². The second kappa shape index (κ2) is 3.06. The summed E-state index contributed by atoms with van der Waals surface area (Å²) in [6, 6.07) is 1.89. The molecule has 0 radical (unpaired) electrons. The van der Waals surface area contributed by atoms with Crippen LogP contribution in [-0.2, 0) is 11.2 Å². The van der Waals surface area contributed by atoms with E-state index in [1.165, 1.54) is 0 Å². The van der Waals surface area contributed by atoms with Crippen molar-refractivity contribution >= 4 is 5.82 Å². The minimum absolute atomic E-state index is 0.344. The molecule has 1 unspecified atom stereocenters. The lowest BCUT2D eigenvalue weighted by Crippen LogP contribution is -2.29. The van der Waals surface area contributed by atoms with E-state index in [0.717, 1.165) is 25.0 Å². The highest BCUT2D eigenvalue weighted by Crippen LogP contribution is 2.18. The second-order valence-corrected chi connectivity index (χ2v) is 2.93. The Kier molecular flexibility index (Phi) is 1.91. The number of nitrogen functional groups attached to an aromatic ring is 1. The Hall–Kier alpha value is -1.16. The van der Waals surface area contributed by atoms with Crippen LogP contribution >= 0.6 is 0 Å². The molecular weight excluding hydrogens is 154 g/mol. The van der Waals surface area contributed by atoms with Gasteiger partial charge in [-0.2, -0.15) is 5.10 Å². The fraction of sp³-hybridized carbons (Fsp3) is 0.500. The Balaban J connectivity index is 2.06. The van der Waals surface area contributed by atoms with Gasteiger partial charge in [-0.05, 0) is 12.5 Å². The highest BCUT2D eigenvalue weighted by atomic mass is 16.5. The maximum Gasteiger partial charge on any atom is 0.149 e. The van der Waals surface area contributed by atoms with Crippen LogP contribution in [0.5, 0.6) is 0 Å². The average Bonchev–Trinajstić information content (AvgIpc) is 2.00. The first-order chi connectivity index (χ1) is 5.86. The molecule has 64 valence electrons. The van der Waals surface area contributed by atoms with Crippen molar-refractivity contribution in [3.63, 3.8) is 0 Å². The summed E-state index contributed by atoms with van der Waals surface area (Å²) in [7, 11) is 0. The quantitative estimate of drug-likeness (QED) is 0.688. The molecule has 1 atom stereocenters. The highest BCUT2D eigenvalue weighted by Gasteiger charge is 2.19. The van der Waals surface area contributed by atoms with Gasteiger partial charge in [0.1, 0.15) is 5.82 Å². The molecule has 4 nitrogen and oxygen atoms in total. The van der Waals surface area contributed by atoms with Crippen molar-refractivity contribution in [1.82, 2.24) is 10.2 Å². The molecule has 1 aromatic heterocycles. The van der Waals surface area contributed by atoms with E-state index in [2.05, 4.69) is 10.2 Å². The van der Waals surface area contributed by atoms with Gasteiger partial charge < -0.3 is 10.5 Å². The van der Waals surface area contributed by atoms with Crippen LogP contribution in [0.3, 0.4) is 0 Å². The summed E-state index contributed by atoms with van der Waals surface area (Å²) in [6.45, 7) is 0.878. The monoisotopic (exact) mass is 165 g/mol. The van der Waals surface area contributed by atoms with Gasteiger partial charge in [0.25, 0.3) is 0 Å². The number of anilines is 1. The lowest BCUT2D eigenvalue weighted by atomic mass is 10.0. The van der Waals surface area contributed by atoms with E-state index in [1.807, 2.05) is 6.07 Å². The van der Waals surface area contributed by atoms with Gasteiger partial charge in [0.2, 0.25) is 0 Å². The maximum atomic E-state index is 5.62. The fourth-order valence-corrected chi connectivity index (χ4v) is 1.23. The van der Waals surface area contributed by atoms with Crippen LogP contribution < -0.4 is 5.73 Å². The molecule has 12 heavy (non-hydrogen) atoms. The summed E-state index contributed by atoms with van der Waals surface area (Å²) in [5.74, 6) is 0.521. The summed E-state index contributed by atoms with van der Waals surface area (Å²) in [5, 5.41) is 7.44. The van der Waals surface area contributed by atoms with E-state index < -0.39 is 0 Å². The minimum atomic E-state index is 0.344. The van der Waals surface area contributed by atoms with Crippen molar-refractivity contribution < 1.29 is 4.74 Å². The molecule has 0 amide bonds. The summed E-state index contributed by atoms with van der Waals surface area (Å²) in [6.07, 6.45) is 3.99. The Bertz CT molecular complexity index is 273. The van der Waals surface area contributed by atoms with Crippen molar-refractivity contribution in [2.75, 3.05) is 12.3 Å². The van der Waals surface area contributed by atoms with E-state index in [9.17, 15) is 0 Å². The van der Waals surface area contributed by atoms with Crippen LogP contribution in [0.15, 0.2) is 12.3 Å². The zero-order valence-electron chi connectivity index (χ0n) is 6.73. The lowest BCUT2D eigenvalue weighted by molar-refractivity contribution is -0.0491. The molecule has 1 aliphatic heterocycles. The van der Waals surface area contributed by atoms with E-state index in [4.69, 9.17) is 10.5 Å². The van der Waals surface area contributed by atoms with Gasteiger partial charge in [0, 0.05) is 18.6 Å². The number of nitrogens with zero attached hydrogens (tertiary/aromatic N) is 2. The molecule has 1 fully saturated rings. The molecule has 1 saturated heterocycles. The minimum Gasteiger partial charge on any atom is -0.382 e. The molecule has 1 aromatic rings. The van der Waals surface area contributed by atoms with Crippen molar-refractivity contribution in [3.8, 4) is 0 Å². The first-order valence-electron chi connectivity index (χ1n) is 4.04. The number of aromatic nitrogens is 2. The van der Waals surface area contributed by atoms with E-state index >= 15 is 0 Å². The average molecular weight is 165 g/mol. The maximum absolute atomic E-state index is 5.62. The predicted molar refractivity (Wildman–Crippen MR) is 44.5 cm³/mol. The van der Waals surface area contributed by atoms with E-state index in [-0.39, 0.29) is 0 Å². The molecular formula is C8H11N3O. The topological polar surface area (TPSA) is 61.0 Å². The SMILES string of the molecule is Nc1nnccc1CC1CCO1. The first-order valence-corrected chi connectivity index (χ1v) is 4.04. The van der Waals surface area contributed by atoms with Crippen molar-refractivity contribution in [2.45, 2.75) is 18.9 Å². The lowest BCUT2D eigenvalue weighted by Gasteiger charge is -2.26. The molecule has 0 bridgehead atoms. The summed E-state index contributed by atoms with van der Waals surface area (Å²) >= 11 is 0. The van der Waals surface area contributed by atoms with Crippen LogP contribution in [-0.4, -0.2) is 22.9 Å². The van der Waals surface area contributed by atoms with Crippen LogP contribution in [0.2, 0.25) is 0 Å². The zero-order valence-corrected chi connectivity index (χ0v) is 6.73. The Morgan fingerprint density at radius 2 is 2.50 bits per heavy atom. The first kappa shape index (κ1) is 7.49. The molecule has 0 aromatic carbocycles. The largest absolute Gasteiger partial charge is 0.382 e. The molecule has 2 N–H and O–H groups in total. The number of hydrogen-bond donors (Lipinski definition) is 1. The molecule has 0 aliphatic carbocycles. The van der Waals surface area contributed by atoms with Gasteiger partial charge in [-0.25, -0.2) is 0 Å². The molecule has 4 heteroatoms. The standard InChI is InChI=1S/C8H11N3O/c9-8-6(1-3-10-11-8)5-7-2-4-12-7/h1,3,7H,2,4-5H2,(H2,9,11). The number of nitrogens with two attached hydrogens (primary N) is 1. The van der Waals surface area contributed by atoms with Gasteiger partial charge >= 0.3 is 0 Å². The van der Waals surface area contributed by atoms with Crippen molar-refractivity contribution in [3.05, 3.63) is 17.8 Å². The molecule has 0 spiro atoms. The Morgan fingerprint density at radius 3 is 3.08 bits per heavy atom. The smallest absolute Gasteiger partial charge is 0.149 e. The van der Waals surface area contributed by atoms with Gasteiger partial charge in [-0.1, -0.05) is 0 Å². The van der Waals surface area contributed by atoms with Crippen LogP contribution in [0.4, 0.5) is 5.82 Å². The summed E-state index contributed by atoms with van der Waals surface area (Å²) in [5.41, 5.74) is 6.66. The molecule has 0 saturated carbocycles. The van der Waals surface area contributed by atoms with Gasteiger partial charge in [-0.15, -0.1) is 5.10 Å². The van der Waals surface area contributed by atoms with Gasteiger partial charge in [0.15, 0.2) is 0 Å². The third-order valence-electron chi connectivity index (χ3n) is 2.08.